The lowest BCUT2D eigenvalue weighted by atomic mass is 10.2. The molecule has 0 radical (unpaired) electrons. The number of aliphatic carboxylic acids is 1. The number of rotatable bonds is 8. The summed E-state index contributed by atoms with van der Waals surface area (Å²) >= 11 is 0. The number of hydrogen-bond acceptors (Lipinski definition) is 3. The monoisotopic (exact) mass is 268 g/mol. The maximum Gasteiger partial charge on any atom is 0.320 e. The number of nitrogens with zero attached hydrogens (tertiary/aromatic N) is 1. The third kappa shape index (κ3) is 5.26. The van der Waals surface area contributed by atoms with Crippen LogP contribution >= 0.6 is 0 Å². The first-order valence-electron chi connectivity index (χ1n) is 6.47. The standard InChI is InChI=1S/C14H21FN2O2/c1-3-9-16-13(14(18)19)8-10-17(2)12-6-4-11(15)5-7-12/h4-7,13,16H,3,8-10H2,1-2H3,(H,18,19). The largest absolute Gasteiger partial charge is 0.480 e. The van der Waals surface area contributed by atoms with Crippen LogP contribution in [0.4, 0.5) is 10.1 Å². The fourth-order valence-electron chi connectivity index (χ4n) is 1.78. The van der Waals surface area contributed by atoms with Gasteiger partial charge in [0.2, 0.25) is 0 Å². The van der Waals surface area contributed by atoms with Gasteiger partial charge in [-0.15, -0.1) is 0 Å². The number of nitrogens with one attached hydrogen (secondary N) is 1. The van der Waals surface area contributed by atoms with Crippen LogP contribution < -0.4 is 10.2 Å². The van der Waals surface area contributed by atoms with Gasteiger partial charge in [-0.2, -0.15) is 0 Å². The molecule has 1 aromatic carbocycles. The number of anilines is 1. The molecule has 0 spiro atoms. The number of hydrogen-bond donors (Lipinski definition) is 2. The number of carboxylic acids is 1. The van der Waals surface area contributed by atoms with Crippen molar-refractivity contribution >= 4 is 11.7 Å². The quantitative estimate of drug-likeness (QED) is 0.758. The SMILES string of the molecule is CCCNC(CCN(C)c1ccc(F)cc1)C(=O)O. The van der Waals surface area contributed by atoms with Crippen molar-refractivity contribution in [1.29, 1.82) is 0 Å². The second kappa shape index (κ2) is 7.74. The molecule has 2 N–H and O–H groups in total. The van der Waals surface area contributed by atoms with Gasteiger partial charge in [0.05, 0.1) is 0 Å². The summed E-state index contributed by atoms with van der Waals surface area (Å²) in [5, 5.41) is 12.1. The van der Waals surface area contributed by atoms with Gasteiger partial charge in [0.1, 0.15) is 11.9 Å². The van der Waals surface area contributed by atoms with Gasteiger partial charge in [-0.1, -0.05) is 6.92 Å². The Hall–Kier alpha value is -1.62. The van der Waals surface area contributed by atoms with Gasteiger partial charge in [-0.05, 0) is 43.7 Å². The van der Waals surface area contributed by atoms with Gasteiger partial charge in [-0.25, -0.2) is 4.39 Å². The zero-order chi connectivity index (χ0) is 14.3. The minimum absolute atomic E-state index is 0.273. The lowest BCUT2D eigenvalue weighted by Gasteiger charge is -2.22. The van der Waals surface area contributed by atoms with E-state index in [1.807, 2.05) is 18.9 Å². The van der Waals surface area contributed by atoms with E-state index in [1.165, 1.54) is 12.1 Å². The molecule has 0 fully saturated rings. The average Bonchev–Trinajstić information content (AvgIpc) is 2.39. The first-order valence-corrected chi connectivity index (χ1v) is 6.47. The minimum Gasteiger partial charge on any atom is -0.480 e. The van der Waals surface area contributed by atoms with Crippen molar-refractivity contribution in [3.8, 4) is 0 Å². The Morgan fingerprint density at radius 1 is 1.42 bits per heavy atom. The molecule has 1 unspecified atom stereocenters. The number of carbonyl (C=O) groups is 1. The second-order valence-electron chi connectivity index (χ2n) is 4.53. The summed E-state index contributed by atoms with van der Waals surface area (Å²) in [6.07, 6.45) is 1.40. The van der Waals surface area contributed by atoms with Crippen molar-refractivity contribution in [2.24, 2.45) is 0 Å². The first kappa shape index (κ1) is 15.4. The van der Waals surface area contributed by atoms with Crippen LogP contribution in [0.15, 0.2) is 24.3 Å². The molecule has 19 heavy (non-hydrogen) atoms. The summed E-state index contributed by atoms with van der Waals surface area (Å²) in [4.78, 5) is 13.0. The molecular weight excluding hydrogens is 247 g/mol. The Bertz CT molecular complexity index is 395. The molecule has 0 saturated heterocycles. The van der Waals surface area contributed by atoms with Gasteiger partial charge in [0.15, 0.2) is 0 Å². The molecule has 1 atom stereocenters. The predicted octanol–water partition coefficient (Wildman–Crippen LogP) is 2.10. The molecule has 4 nitrogen and oxygen atoms in total. The summed E-state index contributed by atoms with van der Waals surface area (Å²) in [5.41, 5.74) is 0.876. The van der Waals surface area contributed by atoms with Gasteiger partial charge in [0.25, 0.3) is 0 Å². The molecule has 106 valence electrons. The second-order valence-corrected chi connectivity index (χ2v) is 4.53. The van der Waals surface area contributed by atoms with Gasteiger partial charge in [0, 0.05) is 19.3 Å². The Morgan fingerprint density at radius 3 is 2.58 bits per heavy atom. The Balaban J connectivity index is 2.49. The fraction of sp³-hybridized carbons (Fsp3) is 0.500. The van der Waals surface area contributed by atoms with E-state index < -0.39 is 12.0 Å². The minimum atomic E-state index is -0.832. The van der Waals surface area contributed by atoms with Crippen molar-refractivity contribution in [3.63, 3.8) is 0 Å². The van der Waals surface area contributed by atoms with Crippen LogP contribution in [0.25, 0.3) is 0 Å². The van der Waals surface area contributed by atoms with Crippen molar-refractivity contribution in [2.45, 2.75) is 25.8 Å². The summed E-state index contributed by atoms with van der Waals surface area (Å²) in [6, 6.07) is 5.63. The van der Waals surface area contributed by atoms with Gasteiger partial charge >= 0.3 is 5.97 Å². The van der Waals surface area contributed by atoms with Crippen LogP contribution in [0, 0.1) is 5.82 Å². The molecule has 0 heterocycles. The molecule has 5 heteroatoms. The average molecular weight is 268 g/mol. The zero-order valence-corrected chi connectivity index (χ0v) is 11.4. The summed E-state index contributed by atoms with van der Waals surface area (Å²) < 4.78 is 12.8. The lowest BCUT2D eigenvalue weighted by Crippen LogP contribution is -2.39. The van der Waals surface area contributed by atoms with Crippen molar-refractivity contribution < 1.29 is 14.3 Å². The highest BCUT2D eigenvalue weighted by atomic mass is 19.1. The van der Waals surface area contributed by atoms with Crippen LogP contribution in [-0.4, -0.2) is 37.3 Å². The maximum atomic E-state index is 12.8. The van der Waals surface area contributed by atoms with Crippen LogP contribution in [0.5, 0.6) is 0 Å². The van der Waals surface area contributed by atoms with Crippen molar-refractivity contribution in [1.82, 2.24) is 5.32 Å². The third-order valence-electron chi connectivity index (χ3n) is 2.96. The van der Waals surface area contributed by atoms with E-state index in [4.69, 9.17) is 5.11 Å². The third-order valence-corrected chi connectivity index (χ3v) is 2.96. The van der Waals surface area contributed by atoms with E-state index >= 15 is 0 Å². The van der Waals surface area contributed by atoms with Crippen molar-refractivity contribution in [3.05, 3.63) is 30.1 Å². The molecule has 0 aliphatic heterocycles. The number of carboxylic acid groups (broad SMARTS) is 1. The van der Waals surface area contributed by atoms with Gasteiger partial charge in [-0.3, -0.25) is 4.79 Å². The highest BCUT2D eigenvalue weighted by molar-refractivity contribution is 5.73. The van der Waals surface area contributed by atoms with E-state index in [0.29, 0.717) is 19.5 Å². The normalized spacial score (nSPS) is 12.2. The molecule has 1 rings (SSSR count). The van der Waals surface area contributed by atoms with E-state index in [0.717, 1.165) is 12.1 Å². The molecule has 0 saturated carbocycles. The Kier molecular flexibility index (Phi) is 6.29. The van der Waals surface area contributed by atoms with Crippen LogP contribution in [0.2, 0.25) is 0 Å². The maximum absolute atomic E-state index is 12.8. The molecule has 0 aromatic heterocycles. The predicted molar refractivity (Wildman–Crippen MR) is 74.0 cm³/mol. The lowest BCUT2D eigenvalue weighted by molar-refractivity contribution is -0.139. The molecular formula is C14H21FN2O2. The van der Waals surface area contributed by atoms with Crippen LogP contribution in [-0.2, 0) is 4.79 Å². The van der Waals surface area contributed by atoms with E-state index in [1.54, 1.807) is 12.1 Å². The first-order chi connectivity index (χ1) is 9.04. The molecule has 0 bridgehead atoms. The smallest absolute Gasteiger partial charge is 0.320 e. The van der Waals surface area contributed by atoms with E-state index in [2.05, 4.69) is 5.32 Å². The highest BCUT2D eigenvalue weighted by Crippen LogP contribution is 2.13. The zero-order valence-electron chi connectivity index (χ0n) is 11.4. The topological polar surface area (TPSA) is 52.6 Å². The number of benzene rings is 1. The Morgan fingerprint density at radius 2 is 2.05 bits per heavy atom. The fourth-order valence-corrected chi connectivity index (χ4v) is 1.78. The molecule has 0 aliphatic carbocycles. The van der Waals surface area contributed by atoms with E-state index in [9.17, 15) is 9.18 Å². The van der Waals surface area contributed by atoms with Crippen LogP contribution in [0.1, 0.15) is 19.8 Å². The summed E-state index contributed by atoms with van der Waals surface area (Å²) in [5.74, 6) is -1.11. The van der Waals surface area contributed by atoms with E-state index in [-0.39, 0.29) is 5.82 Å². The molecule has 0 amide bonds. The van der Waals surface area contributed by atoms with Gasteiger partial charge < -0.3 is 15.3 Å². The summed E-state index contributed by atoms with van der Waals surface area (Å²) in [7, 11) is 1.87. The number of halogens is 1. The highest BCUT2D eigenvalue weighted by Gasteiger charge is 2.16. The van der Waals surface area contributed by atoms with Crippen LogP contribution in [0.3, 0.4) is 0 Å². The summed E-state index contributed by atoms with van der Waals surface area (Å²) in [6.45, 7) is 3.28. The molecule has 1 aromatic rings. The van der Waals surface area contributed by atoms with Crippen molar-refractivity contribution in [2.75, 3.05) is 25.0 Å². The Labute approximate surface area is 113 Å². The molecule has 0 aliphatic rings.